The third-order valence-electron chi connectivity index (χ3n) is 5.78. The molecule has 0 bridgehead atoms. The molecule has 194 valence electrons. The monoisotopic (exact) mass is 530 g/mol. The zero-order valence-corrected chi connectivity index (χ0v) is 21.6. The van der Waals surface area contributed by atoms with Crippen LogP contribution in [0, 0.1) is 0 Å². The minimum Gasteiger partial charge on any atom is -0.504 e. The number of hydrogen-bond acceptors (Lipinski definition) is 6. The summed E-state index contributed by atoms with van der Waals surface area (Å²) in [5, 5.41) is 10.7. The van der Waals surface area contributed by atoms with Gasteiger partial charge in [-0.05, 0) is 46.5 Å². The molecule has 4 rings (SSSR count). The van der Waals surface area contributed by atoms with Gasteiger partial charge in [0.15, 0.2) is 11.5 Å². The Labute approximate surface area is 221 Å². The van der Waals surface area contributed by atoms with Crippen molar-refractivity contribution in [3.8, 4) is 33.8 Å². The second kappa shape index (κ2) is 11.2. The molecule has 0 aliphatic carbocycles. The number of hydrogen-bond donors (Lipinski definition) is 2. The van der Waals surface area contributed by atoms with Gasteiger partial charge in [-0.2, -0.15) is 0 Å². The second-order valence-corrected chi connectivity index (χ2v) is 10.3. The first-order valence-electron chi connectivity index (χ1n) is 11.6. The van der Waals surface area contributed by atoms with Crippen molar-refractivity contribution < 1.29 is 27.9 Å². The highest BCUT2D eigenvalue weighted by Crippen LogP contribution is 2.38. The molecule has 0 fully saturated rings. The summed E-state index contributed by atoms with van der Waals surface area (Å²) < 4.78 is 30.8. The van der Waals surface area contributed by atoms with Crippen molar-refractivity contribution in [3.05, 3.63) is 108 Å². The van der Waals surface area contributed by atoms with E-state index in [0.29, 0.717) is 16.7 Å². The summed E-state index contributed by atoms with van der Waals surface area (Å²) in [5.41, 5.74) is 3.61. The van der Waals surface area contributed by atoms with Crippen LogP contribution in [0.1, 0.15) is 15.9 Å². The predicted molar refractivity (Wildman–Crippen MR) is 145 cm³/mol. The molecule has 0 saturated carbocycles. The topological polar surface area (TPSA) is 113 Å². The van der Waals surface area contributed by atoms with E-state index in [9.17, 15) is 23.1 Å². The molecule has 9 heteroatoms. The van der Waals surface area contributed by atoms with E-state index in [1.165, 1.54) is 13.2 Å². The van der Waals surface area contributed by atoms with Crippen molar-refractivity contribution in [2.45, 2.75) is 6.54 Å². The molecule has 0 heterocycles. The number of rotatable bonds is 7. The molecule has 2 N–H and O–H groups in total. The van der Waals surface area contributed by atoms with Gasteiger partial charge in [0.1, 0.15) is 0 Å². The van der Waals surface area contributed by atoms with E-state index in [4.69, 9.17) is 4.74 Å². The first-order chi connectivity index (χ1) is 18.2. The van der Waals surface area contributed by atoms with Crippen molar-refractivity contribution in [2.24, 2.45) is 0 Å². The molecular weight excluding hydrogens is 504 g/mol. The Morgan fingerprint density at radius 3 is 1.95 bits per heavy atom. The SMILES string of the molecule is COc1cc(CN(C(=O)NS(C)(=O)=O)C(=O)c2ccc(-c3ccccc3)cc2)cc(-c2ccccc2)c1O. The molecule has 0 unspecified atom stereocenters. The second-order valence-electron chi connectivity index (χ2n) is 8.57. The summed E-state index contributed by atoms with van der Waals surface area (Å²) >= 11 is 0. The predicted octanol–water partition coefficient (Wildman–Crippen LogP) is 5.05. The number of ether oxygens (including phenoxy) is 1. The number of nitrogens with one attached hydrogen (secondary N) is 1. The number of imide groups is 1. The van der Waals surface area contributed by atoms with E-state index in [2.05, 4.69) is 0 Å². The van der Waals surface area contributed by atoms with Crippen molar-refractivity contribution in [1.29, 1.82) is 0 Å². The number of benzene rings is 4. The van der Waals surface area contributed by atoms with E-state index in [1.807, 2.05) is 53.3 Å². The van der Waals surface area contributed by atoms with Gasteiger partial charge in [-0.25, -0.2) is 17.9 Å². The van der Waals surface area contributed by atoms with Gasteiger partial charge in [-0.15, -0.1) is 0 Å². The van der Waals surface area contributed by atoms with Crippen molar-refractivity contribution >= 4 is 22.0 Å². The molecule has 0 aliphatic heterocycles. The minimum atomic E-state index is -3.95. The van der Waals surface area contributed by atoms with Gasteiger partial charge in [0.25, 0.3) is 5.91 Å². The number of phenols is 1. The summed E-state index contributed by atoms with van der Waals surface area (Å²) in [4.78, 5) is 27.3. The fourth-order valence-electron chi connectivity index (χ4n) is 3.97. The maximum Gasteiger partial charge on any atom is 0.338 e. The summed E-state index contributed by atoms with van der Waals surface area (Å²) in [6, 6.07) is 27.3. The quantitative estimate of drug-likeness (QED) is 0.346. The van der Waals surface area contributed by atoms with Gasteiger partial charge in [-0.3, -0.25) is 9.69 Å². The Morgan fingerprint density at radius 2 is 1.39 bits per heavy atom. The molecule has 38 heavy (non-hydrogen) atoms. The smallest absolute Gasteiger partial charge is 0.338 e. The number of nitrogens with zero attached hydrogens (tertiary/aromatic N) is 1. The van der Waals surface area contributed by atoms with Gasteiger partial charge in [0, 0.05) is 11.1 Å². The van der Waals surface area contributed by atoms with Gasteiger partial charge < -0.3 is 9.84 Å². The van der Waals surface area contributed by atoms with Crippen LogP contribution in [0.15, 0.2) is 97.1 Å². The normalized spacial score (nSPS) is 11.0. The fraction of sp³-hybridized carbons (Fsp3) is 0.103. The van der Waals surface area contributed by atoms with Crippen LogP contribution in [0.2, 0.25) is 0 Å². The van der Waals surface area contributed by atoms with Crippen molar-refractivity contribution in [1.82, 2.24) is 9.62 Å². The highest BCUT2D eigenvalue weighted by molar-refractivity contribution is 7.89. The zero-order valence-electron chi connectivity index (χ0n) is 20.8. The average molecular weight is 531 g/mol. The fourth-order valence-corrected chi connectivity index (χ4v) is 4.40. The summed E-state index contributed by atoms with van der Waals surface area (Å²) in [6.45, 7) is -0.281. The first kappa shape index (κ1) is 26.4. The van der Waals surface area contributed by atoms with Crippen molar-refractivity contribution in [2.75, 3.05) is 13.4 Å². The Balaban J connectivity index is 1.71. The van der Waals surface area contributed by atoms with Crippen LogP contribution in [0.5, 0.6) is 11.5 Å². The molecule has 0 aromatic heterocycles. The number of phenolic OH excluding ortho intramolecular Hbond substituents is 1. The molecule has 8 nitrogen and oxygen atoms in total. The standard InChI is InChI=1S/C29H26N2O6S/c1-37-26-18-20(17-25(27(26)32)23-11-7-4-8-12-23)19-31(29(34)30-38(2,35)36)28(33)24-15-13-22(14-16-24)21-9-5-3-6-10-21/h3-18,32H,19H2,1-2H3,(H,30,34). The van der Waals surface area contributed by atoms with E-state index in [0.717, 1.165) is 22.3 Å². The summed E-state index contributed by atoms with van der Waals surface area (Å²) in [6.07, 6.45) is 0.833. The van der Waals surface area contributed by atoms with Crippen LogP contribution in [0.3, 0.4) is 0 Å². The molecular formula is C29H26N2O6S. The van der Waals surface area contributed by atoms with Gasteiger partial charge in [-0.1, -0.05) is 72.8 Å². The molecule has 0 spiro atoms. The lowest BCUT2D eigenvalue weighted by Crippen LogP contribution is -2.45. The Kier molecular flexibility index (Phi) is 7.78. The largest absolute Gasteiger partial charge is 0.504 e. The lowest BCUT2D eigenvalue weighted by Gasteiger charge is -2.22. The molecule has 3 amide bonds. The number of urea groups is 1. The van der Waals surface area contributed by atoms with Crippen molar-refractivity contribution in [3.63, 3.8) is 0 Å². The Bertz CT molecular complexity index is 1550. The van der Waals surface area contributed by atoms with Gasteiger partial charge in [0.2, 0.25) is 10.0 Å². The summed E-state index contributed by atoms with van der Waals surface area (Å²) in [5.74, 6) is -0.652. The van der Waals surface area contributed by atoms with Gasteiger partial charge >= 0.3 is 6.03 Å². The molecule has 4 aromatic rings. The van der Waals surface area contributed by atoms with Crippen LogP contribution in [-0.4, -0.2) is 43.7 Å². The number of carbonyl (C=O) groups is 2. The third-order valence-corrected chi connectivity index (χ3v) is 6.33. The van der Waals surface area contributed by atoms with E-state index < -0.39 is 22.0 Å². The Morgan fingerprint density at radius 1 is 0.842 bits per heavy atom. The third kappa shape index (κ3) is 6.19. The number of sulfonamides is 1. The minimum absolute atomic E-state index is 0.0996. The lowest BCUT2D eigenvalue weighted by molar-refractivity contribution is 0.0796. The lowest BCUT2D eigenvalue weighted by atomic mass is 10.0. The van der Waals surface area contributed by atoms with Crippen LogP contribution >= 0.6 is 0 Å². The number of amides is 3. The Hall–Kier alpha value is -4.63. The molecule has 0 atom stereocenters. The zero-order chi connectivity index (χ0) is 27.3. The van der Waals surface area contributed by atoms with Crippen LogP contribution in [0.4, 0.5) is 4.79 Å². The average Bonchev–Trinajstić information content (AvgIpc) is 2.92. The molecule has 0 aliphatic rings. The number of aromatic hydroxyl groups is 1. The maximum atomic E-state index is 13.5. The van der Waals surface area contributed by atoms with Crippen LogP contribution in [0.25, 0.3) is 22.3 Å². The first-order valence-corrected chi connectivity index (χ1v) is 13.5. The molecule has 0 saturated heterocycles. The molecule has 0 radical (unpaired) electrons. The van der Waals surface area contributed by atoms with Crippen LogP contribution < -0.4 is 9.46 Å². The highest BCUT2D eigenvalue weighted by atomic mass is 32.2. The van der Waals surface area contributed by atoms with Crippen LogP contribution in [-0.2, 0) is 16.6 Å². The van der Waals surface area contributed by atoms with Gasteiger partial charge in [0.05, 0.1) is 19.9 Å². The highest BCUT2D eigenvalue weighted by Gasteiger charge is 2.26. The maximum absolute atomic E-state index is 13.5. The summed E-state index contributed by atoms with van der Waals surface area (Å²) in [7, 11) is -2.56. The molecule has 4 aromatic carbocycles. The number of methoxy groups -OCH3 is 1. The van der Waals surface area contributed by atoms with E-state index in [-0.39, 0.29) is 23.6 Å². The number of carbonyl (C=O) groups excluding carboxylic acids is 2. The van der Waals surface area contributed by atoms with E-state index in [1.54, 1.807) is 42.5 Å². The van der Waals surface area contributed by atoms with E-state index >= 15 is 0 Å².